The molecule has 0 aliphatic heterocycles. The van der Waals surface area contributed by atoms with Gasteiger partial charge in [0.1, 0.15) is 6.61 Å². The van der Waals surface area contributed by atoms with Crippen molar-refractivity contribution in [3.63, 3.8) is 0 Å². The van der Waals surface area contributed by atoms with Crippen molar-refractivity contribution in [2.24, 2.45) is 0 Å². The zero-order valence-corrected chi connectivity index (χ0v) is 40.6. The van der Waals surface area contributed by atoms with Crippen molar-refractivity contribution in [1.82, 2.24) is 0 Å². The zero-order valence-electron chi connectivity index (χ0n) is 40.6. The molecule has 0 saturated carbocycles. The number of hydrogen-bond donors (Lipinski definition) is 0. The van der Waals surface area contributed by atoms with E-state index in [9.17, 15) is 9.59 Å². The lowest BCUT2D eigenvalue weighted by Gasteiger charge is -2.18. The Kier molecular flexibility index (Phi) is 49.5. The Bertz CT molecular complexity index is 1200. The Hall–Kier alpha value is -3.18. The summed E-state index contributed by atoms with van der Waals surface area (Å²) < 4.78 is 17.3. The molecule has 0 fully saturated rings. The number of rotatable bonds is 46. The summed E-state index contributed by atoms with van der Waals surface area (Å²) in [6, 6.07) is 0. The van der Waals surface area contributed by atoms with E-state index in [1.165, 1.54) is 89.9 Å². The monoisotopic (exact) mass is 861 g/mol. The van der Waals surface area contributed by atoms with E-state index in [4.69, 9.17) is 14.2 Å². The second-order valence-corrected chi connectivity index (χ2v) is 16.7. The van der Waals surface area contributed by atoms with Crippen LogP contribution in [0.15, 0.2) is 97.2 Å². The quantitative estimate of drug-likeness (QED) is 0.0347. The predicted molar refractivity (Wildman–Crippen MR) is 270 cm³/mol. The van der Waals surface area contributed by atoms with E-state index in [1.54, 1.807) is 0 Å². The number of carbonyl (C=O) groups excluding carboxylic acids is 2. The van der Waals surface area contributed by atoms with Gasteiger partial charge in [-0.1, -0.05) is 227 Å². The first-order chi connectivity index (χ1) is 30.6. The van der Waals surface area contributed by atoms with Gasteiger partial charge in [0.25, 0.3) is 0 Å². The average molecular weight is 861 g/mol. The van der Waals surface area contributed by atoms with Crippen LogP contribution in [0, 0.1) is 0 Å². The number of hydrogen-bond acceptors (Lipinski definition) is 5. The predicted octanol–water partition coefficient (Wildman–Crippen LogP) is 17.5. The summed E-state index contributed by atoms with van der Waals surface area (Å²) in [6.07, 6.45) is 70.0. The van der Waals surface area contributed by atoms with E-state index in [0.717, 1.165) is 96.3 Å². The minimum Gasteiger partial charge on any atom is -0.462 e. The standard InChI is InChI=1S/C57H96O5/c1-4-7-10-13-16-19-22-25-27-29-30-33-35-38-41-44-47-50-56(58)61-54-55(62-57(59)51-48-45-42-39-36-32-24-21-18-15-12-9-6-3)53-60-52-49-46-43-40-37-34-31-28-26-23-20-17-14-11-8-5-2/h7,9-10,12,16,18-19,21,25,27,30,32-33,36,42,45,55H,4-6,8,11,13-15,17,20,22-24,26,28-29,31,34-35,37-41,43-44,46-54H2,1-3H3/b10-7-,12-9-,19-16-,21-18-,27-25-,33-30-,36-32-,45-42-. The molecule has 0 rings (SSSR count). The van der Waals surface area contributed by atoms with Crippen molar-refractivity contribution in [1.29, 1.82) is 0 Å². The lowest BCUT2D eigenvalue weighted by Crippen LogP contribution is -2.30. The lowest BCUT2D eigenvalue weighted by atomic mass is 10.0. The van der Waals surface area contributed by atoms with Gasteiger partial charge in [-0.2, -0.15) is 0 Å². The van der Waals surface area contributed by atoms with Gasteiger partial charge in [0.2, 0.25) is 0 Å². The fourth-order valence-electron chi connectivity index (χ4n) is 6.87. The molecule has 0 saturated heterocycles. The summed E-state index contributed by atoms with van der Waals surface area (Å²) >= 11 is 0. The maximum Gasteiger partial charge on any atom is 0.306 e. The summed E-state index contributed by atoms with van der Waals surface area (Å²) in [6.45, 7) is 7.50. The Balaban J connectivity index is 4.38. The number of esters is 2. The fourth-order valence-corrected chi connectivity index (χ4v) is 6.87. The smallest absolute Gasteiger partial charge is 0.306 e. The number of unbranched alkanes of at least 4 members (excludes halogenated alkanes) is 19. The van der Waals surface area contributed by atoms with Crippen LogP contribution in [0.4, 0.5) is 0 Å². The first kappa shape index (κ1) is 58.8. The minimum atomic E-state index is -0.587. The zero-order chi connectivity index (χ0) is 44.9. The second-order valence-electron chi connectivity index (χ2n) is 16.7. The van der Waals surface area contributed by atoms with Gasteiger partial charge in [-0.3, -0.25) is 9.59 Å². The molecule has 0 spiro atoms. The highest BCUT2D eigenvalue weighted by Crippen LogP contribution is 2.14. The molecule has 0 bridgehead atoms. The van der Waals surface area contributed by atoms with Crippen LogP contribution < -0.4 is 0 Å². The molecule has 1 atom stereocenters. The second kappa shape index (κ2) is 52.2. The molecule has 5 nitrogen and oxygen atoms in total. The van der Waals surface area contributed by atoms with E-state index < -0.39 is 6.10 Å². The van der Waals surface area contributed by atoms with Crippen LogP contribution in [0.3, 0.4) is 0 Å². The molecule has 354 valence electrons. The molecule has 0 aromatic rings. The highest BCUT2D eigenvalue weighted by Gasteiger charge is 2.17. The molecule has 0 radical (unpaired) electrons. The van der Waals surface area contributed by atoms with Gasteiger partial charge in [-0.25, -0.2) is 0 Å². The van der Waals surface area contributed by atoms with Crippen molar-refractivity contribution < 1.29 is 23.8 Å². The number of allylic oxidation sites excluding steroid dienone is 16. The van der Waals surface area contributed by atoms with Crippen LogP contribution in [0.5, 0.6) is 0 Å². The van der Waals surface area contributed by atoms with Crippen molar-refractivity contribution >= 4 is 11.9 Å². The molecule has 0 amide bonds. The van der Waals surface area contributed by atoms with Gasteiger partial charge >= 0.3 is 11.9 Å². The third kappa shape index (κ3) is 49.5. The van der Waals surface area contributed by atoms with Crippen molar-refractivity contribution in [3.8, 4) is 0 Å². The molecule has 0 N–H and O–H groups in total. The Morgan fingerprint density at radius 1 is 0.371 bits per heavy atom. The summed E-state index contributed by atoms with van der Waals surface area (Å²) in [5.74, 6) is -0.518. The van der Waals surface area contributed by atoms with Gasteiger partial charge in [-0.15, -0.1) is 0 Å². The Labute approximate surface area is 383 Å². The molecule has 0 aromatic carbocycles. The van der Waals surface area contributed by atoms with Gasteiger partial charge in [-0.05, 0) is 83.5 Å². The van der Waals surface area contributed by atoms with Crippen LogP contribution in [-0.4, -0.2) is 37.9 Å². The fraction of sp³-hybridized carbons (Fsp3) is 0.684. The first-order valence-electron chi connectivity index (χ1n) is 25.8. The van der Waals surface area contributed by atoms with Crippen molar-refractivity contribution in [2.75, 3.05) is 19.8 Å². The highest BCUT2D eigenvalue weighted by atomic mass is 16.6. The van der Waals surface area contributed by atoms with Crippen LogP contribution in [0.25, 0.3) is 0 Å². The third-order valence-electron chi connectivity index (χ3n) is 10.6. The summed E-state index contributed by atoms with van der Waals surface area (Å²) in [4.78, 5) is 25.3. The van der Waals surface area contributed by atoms with Gasteiger partial charge in [0.05, 0.1) is 6.61 Å². The molecular formula is C57H96O5. The normalized spacial score (nSPS) is 13.0. The summed E-state index contributed by atoms with van der Waals surface area (Å²) in [5.41, 5.74) is 0. The number of carbonyl (C=O) groups is 2. The van der Waals surface area contributed by atoms with Crippen LogP contribution in [-0.2, 0) is 23.8 Å². The summed E-state index contributed by atoms with van der Waals surface area (Å²) in [7, 11) is 0. The molecule has 0 aromatic heterocycles. The van der Waals surface area contributed by atoms with Gasteiger partial charge in [0, 0.05) is 19.4 Å². The van der Waals surface area contributed by atoms with Crippen LogP contribution >= 0.6 is 0 Å². The van der Waals surface area contributed by atoms with Gasteiger partial charge < -0.3 is 14.2 Å². The van der Waals surface area contributed by atoms with Crippen molar-refractivity contribution in [2.45, 2.75) is 232 Å². The van der Waals surface area contributed by atoms with E-state index in [0.29, 0.717) is 25.9 Å². The lowest BCUT2D eigenvalue weighted by molar-refractivity contribution is -0.162. The Morgan fingerprint density at radius 3 is 1.23 bits per heavy atom. The molecule has 0 aliphatic rings. The molecule has 62 heavy (non-hydrogen) atoms. The molecular weight excluding hydrogens is 765 g/mol. The third-order valence-corrected chi connectivity index (χ3v) is 10.6. The maximum atomic E-state index is 12.7. The Morgan fingerprint density at radius 2 is 0.758 bits per heavy atom. The topological polar surface area (TPSA) is 61.8 Å². The minimum absolute atomic E-state index is 0.0410. The molecule has 5 heteroatoms. The largest absolute Gasteiger partial charge is 0.462 e. The average Bonchev–Trinajstić information content (AvgIpc) is 3.27. The van der Waals surface area contributed by atoms with E-state index in [-0.39, 0.29) is 25.2 Å². The highest BCUT2D eigenvalue weighted by molar-refractivity contribution is 5.70. The maximum absolute atomic E-state index is 12.7. The van der Waals surface area contributed by atoms with Crippen molar-refractivity contribution in [3.05, 3.63) is 97.2 Å². The van der Waals surface area contributed by atoms with E-state index in [1.807, 2.05) is 6.08 Å². The van der Waals surface area contributed by atoms with E-state index in [2.05, 4.69) is 112 Å². The molecule has 0 aliphatic carbocycles. The first-order valence-corrected chi connectivity index (χ1v) is 25.8. The van der Waals surface area contributed by atoms with E-state index >= 15 is 0 Å². The van der Waals surface area contributed by atoms with Crippen LogP contribution in [0.1, 0.15) is 226 Å². The molecule has 1 unspecified atom stereocenters. The summed E-state index contributed by atoms with van der Waals surface area (Å²) in [5, 5.41) is 0. The number of ether oxygens (including phenoxy) is 3. The van der Waals surface area contributed by atoms with Crippen LogP contribution in [0.2, 0.25) is 0 Å². The SMILES string of the molecule is CC/C=C\C/C=C\C/C=C\C/C=C\CCCCCCC(=O)OCC(COCCCCCCCCCCCCCCCCCC)OC(=O)CC/C=C\C/C=C\C/C=C\C/C=C\CC. The van der Waals surface area contributed by atoms with Gasteiger partial charge in [0.15, 0.2) is 6.10 Å². The molecule has 0 heterocycles.